The molecule has 5 heteroatoms. The van der Waals surface area contributed by atoms with E-state index in [0.717, 1.165) is 33.1 Å². The molecule has 0 unspecified atom stereocenters. The smallest absolute Gasteiger partial charge is 0.255 e. The number of aryl methyl sites for hydroxylation is 1. The fourth-order valence-electron chi connectivity index (χ4n) is 3.48. The largest absolute Gasteiger partial charge is 0.507 e. The standard InChI is InChI=1S/C28H23ClN2O2/c1-19-15-24(12-13-26(19)31-28(33)21-7-3-2-4-8-21)30-18-23-17-20(11-14-27(23)32)16-22-9-5-6-10-25(22)29/h2-15,17-18,32H,16H2,1H3,(H,31,33). The lowest BCUT2D eigenvalue weighted by atomic mass is 10.0. The fourth-order valence-corrected chi connectivity index (χ4v) is 3.68. The number of benzene rings is 4. The van der Waals surface area contributed by atoms with Gasteiger partial charge in [0.2, 0.25) is 0 Å². The van der Waals surface area contributed by atoms with Crippen LogP contribution in [0.2, 0.25) is 5.02 Å². The van der Waals surface area contributed by atoms with Gasteiger partial charge in [-0.15, -0.1) is 0 Å². The van der Waals surface area contributed by atoms with E-state index in [2.05, 4.69) is 10.3 Å². The van der Waals surface area contributed by atoms with E-state index in [-0.39, 0.29) is 11.7 Å². The third-order valence-electron chi connectivity index (χ3n) is 5.29. The van der Waals surface area contributed by atoms with E-state index < -0.39 is 0 Å². The highest BCUT2D eigenvalue weighted by molar-refractivity contribution is 6.31. The van der Waals surface area contributed by atoms with Crippen LogP contribution in [0.1, 0.15) is 32.6 Å². The summed E-state index contributed by atoms with van der Waals surface area (Å²) in [6.07, 6.45) is 2.30. The van der Waals surface area contributed by atoms with Crippen LogP contribution < -0.4 is 5.32 Å². The number of rotatable bonds is 6. The molecule has 0 fully saturated rings. The molecule has 0 atom stereocenters. The predicted molar refractivity (Wildman–Crippen MR) is 135 cm³/mol. The van der Waals surface area contributed by atoms with Gasteiger partial charge in [0, 0.05) is 28.1 Å². The first-order chi connectivity index (χ1) is 16.0. The van der Waals surface area contributed by atoms with Crippen LogP contribution >= 0.6 is 11.6 Å². The fraction of sp³-hybridized carbons (Fsp3) is 0.0714. The number of halogens is 1. The Morgan fingerprint density at radius 2 is 1.73 bits per heavy atom. The van der Waals surface area contributed by atoms with Gasteiger partial charge in [-0.2, -0.15) is 0 Å². The number of anilines is 1. The highest BCUT2D eigenvalue weighted by atomic mass is 35.5. The summed E-state index contributed by atoms with van der Waals surface area (Å²) < 4.78 is 0. The monoisotopic (exact) mass is 454 g/mol. The van der Waals surface area contributed by atoms with Crippen LogP contribution in [0.3, 0.4) is 0 Å². The average Bonchev–Trinajstić information content (AvgIpc) is 2.83. The van der Waals surface area contributed by atoms with Gasteiger partial charge in [-0.25, -0.2) is 0 Å². The molecule has 0 aliphatic rings. The molecule has 33 heavy (non-hydrogen) atoms. The van der Waals surface area contributed by atoms with Crippen LogP contribution in [-0.2, 0) is 6.42 Å². The Morgan fingerprint density at radius 1 is 0.970 bits per heavy atom. The minimum Gasteiger partial charge on any atom is -0.507 e. The van der Waals surface area contributed by atoms with E-state index in [0.29, 0.717) is 17.5 Å². The molecule has 1 amide bonds. The lowest BCUT2D eigenvalue weighted by Gasteiger charge is -2.09. The summed E-state index contributed by atoms with van der Waals surface area (Å²) in [5.74, 6) is 0.000309. The van der Waals surface area contributed by atoms with Gasteiger partial charge in [0.05, 0.1) is 5.69 Å². The molecule has 4 aromatic rings. The number of phenolic OH excluding ortho intramolecular Hbond substituents is 1. The molecule has 4 nitrogen and oxygen atoms in total. The molecule has 4 aromatic carbocycles. The number of phenols is 1. The van der Waals surface area contributed by atoms with Crippen LogP contribution in [0, 0.1) is 6.92 Å². The minimum atomic E-state index is -0.157. The zero-order valence-electron chi connectivity index (χ0n) is 18.1. The molecule has 0 bridgehead atoms. The summed E-state index contributed by atoms with van der Waals surface area (Å²) in [6.45, 7) is 1.92. The van der Waals surface area contributed by atoms with Crippen molar-refractivity contribution < 1.29 is 9.90 Å². The third kappa shape index (κ3) is 5.68. The summed E-state index contributed by atoms with van der Waals surface area (Å²) in [7, 11) is 0. The summed E-state index contributed by atoms with van der Waals surface area (Å²) in [5, 5.41) is 13.9. The molecule has 0 heterocycles. The maximum absolute atomic E-state index is 12.4. The number of nitrogens with zero attached hydrogens (tertiary/aromatic N) is 1. The number of aliphatic imine (C=N–C) groups is 1. The Kier molecular flexibility index (Phi) is 6.86. The zero-order valence-corrected chi connectivity index (χ0v) is 18.9. The molecule has 0 aliphatic heterocycles. The van der Waals surface area contributed by atoms with Crippen LogP contribution in [0.25, 0.3) is 0 Å². The first-order valence-electron chi connectivity index (χ1n) is 10.6. The van der Waals surface area contributed by atoms with Crippen molar-refractivity contribution in [1.29, 1.82) is 0 Å². The van der Waals surface area contributed by atoms with Gasteiger partial charge in [0.25, 0.3) is 5.91 Å². The molecular formula is C28H23ClN2O2. The second-order valence-electron chi connectivity index (χ2n) is 7.74. The van der Waals surface area contributed by atoms with Crippen molar-refractivity contribution in [1.82, 2.24) is 0 Å². The molecule has 0 aliphatic carbocycles. The molecular weight excluding hydrogens is 432 g/mol. The van der Waals surface area contributed by atoms with Crippen molar-refractivity contribution in [2.75, 3.05) is 5.32 Å². The van der Waals surface area contributed by atoms with E-state index >= 15 is 0 Å². The van der Waals surface area contributed by atoms with Crippen LogP contribution in [0.4, 0.5) is 11.4 Å². The number of nitrogens with one attached hydrogen (secondary N) is 1. The van der Waals surface area contributed by atoms with Gasteiger partial charge in [-0.05, 0) is 78.6 Å². The minimum absolute atomic E-state index is 0.157. The molecule has 4 rings (SSSR count). The van der Waals surface area contributed by atoms with Crippen LogP contribution in [0.5, 0.6) is 5.75 Å². The van der Waals surface area contributed by atoms with Gasteiger partial charge in [-0.3, -0.25) is 9.79 Å². The van der Waals surface area contributed by atoms with E-state index in [4.69, 9.17) is 11.6 Å². The number of hydrogen-bond donors (Lipinski definition) is 2. The topological polar surface area (TPSA) is 61.7 Å². The lowest BCUT2D eigenvalue weighted by Crippen LogP contribution is -2.12. The van der Waals surface area contributed by atoms with E-state index in [1.807, 2.05) is 79.7 Å². The van der Waals surface area contributed by atoms with E-state index in [1.54, 1.807) is 24.4 Å². The summed E-state index contributed by atoms with van der Waals surface area (Å²) in [6, 6.07) is 27.8. The Morgan fingerprint density at radius 3 is 2.48 bits per heavy atom. The maximum atomic E-state index is 12.4. The third-order valence-corrected chi connectivity index (χ3v) is 5.66. The quantitative estimate of drug-likeness (QED) is 0.310. The lowest BCUT2D eigenvalue weighted by molar-refractivity contribution is 0.102. The Balaban J connectivity index is 1.49. The van der Waals surface area contributed by atoms with Crippen molar-refractivity contribution in [2.24, 2.45) is 4.99 Å². The Bertz CT molecular complexity index is 1320. The van der Waals surface area contributed by atoms with Crippen molar-refractivity contribution in [3.63, 3.8) is 0 Å². The second kappa shape index (κ2) is 10.2. The van der Waals surface area contributed by atoms with Gasteiger partial charge in [0.1, 0.15) is 5.75 Å². The molecule has 0 spiro atoms. The van der Waals surface area contributed by atoms with E-state index in [9.17, 15) is 9.90 Å². The van der Waals surface area contributed by atoms with E-state index in [1.165, 1.54) is 0 Å². The molecule has 2 N–H and O–H groups in total. The van der Waals surface area contributed by atoms with Crippen molar-refractivity contribution in [3.8, 4) is 5.75 Å². The molecule has 0 saturated carbocycles. The number of carbonyl (C=O) groups excluding carboxylic acids is 1. The van der Waals surface area contributed by atoms with Crippen molar-refractivity contribution in [2.45, 2.75) is 13.3 Å². The summed E-state index contributed by atoms with van der Waals surface area (Å²) in [5.41, 5.74) is 5.62. The normalized spacial score (nSPS) is 11.0. The molecule has 0 aromatic heterocycles. The first-order valence-corrected chi connectivity index (χ1v) is 10.9. The van der Waals surface area contributed by atoms with Crippen LogP contribution in [-0.4, -0.2) is 17.2 Å². The van der Waals surface area contributed by atoms with Crippen LogP contribution in [0.15, 0.2) is 96.0 Å². The van der Waals surface area contributed by atoms with Gasteiger partial charge in [0.15, 0.2) is 0 Å². The van der Waals surface area contributed by atoms with Gasteiger partial charge in [-0.1, -0.05) is 54.1 Å². The number of aromatic hydroxyl groups is 1. The number of hydrogen-bond acceptors (Lipinski definition) is 3. The number of carbonyl (C=O) groups is 1. The van der Waals surface area contributed by atoms with Gasteiger partial charge < -0.3 is 10.4 Å². The Hall–Kier alpha value is -3.89. The molecule has 164 valence electrons. The molecule has 0 saturated heterocycles. The first kappa shape index (κ1) is 22.3. The zero-order chi connectivity index (χ0) is 23.2. The highest BCUT2D eigenvalue weighted by Gasteiger charge is 2.08. The Labute approximate surface area is 198 Å². The predicted octanol–water partition coefficient (Wildman–Crippen LogP) is 6.95. The average molecular weight is 455 g/mol. The maximum Gasteiger partial charge on any atom is 0.255 e. The second-order valence-corrected chi connectivity index (χ2v) is 8.15. The summed E-state index contributed by atoms with van der Waals surface area (Å²) in [4.78, 5) is 16.9. The highest BCUT2D eigenvalue weighted by Crippen LogP contribution is 2.25. The van der Waals surface area contributed by atoms with Crippen molar-refractivity contribution in [3.05, 3.63) is 124 Å². The summed E-state index contributed by atoms with van der Waals surface area (Å²) >= 11 is 6.28. The SMILES string of the molecule is Cc1cc(N=Cc2cc(Cc3ccccc3Cl)ccc2O)ccc1NC(=O)c1ccccc1. The number of amides is 1. The van der Waals surface area contributed by atoms with Crippen molar-refractivity contribution >= 4 is 35.1 Å². The van der Waals surface area contributed by atoms with Gasteiger partial charge >= 0.3 is 0 Å². The molecule has 0 radical (unpaired) electrons.